The maximum atomic E-state index is 5.84. The monoisotopic (exact) mass is 334 g/mol. The van der Waals surface area contributed by atoms with Crippen LogP contribution in [0, 0.1) is 3.57 Å². The van der Waals surface area contributed by atoms with Crippen molar-refractivity contribution in [2.24, 2.45) is 0 Å². The zero-order valence-electron chi connectivity index (χ0n) is 9.88. The summed E-state index contributed by atoms with van der Waals surface area (Å²) in [6.45, 7) is 10.2. The average Bonchev–Trinajstić information content (AvgIpc) is 2.15. The van der Waals surface area contributed by atoms with Crippen LogP contribution in [0.25, 0.3) is 0 Å². The van der Waals surface area contributed by atoms with E-state index in [0.717, 1.165) is 12.4 Å². The predicted octanol–water partition coefficient (Wildman–Crippen LogP) is 3.94. The van der Waals surface area contributed by atoms with Crippen molar-refractivity contribution in [1.29, 1.82) is 0 Å². The van der Waals surface area contributed by atoms with Crippen LogP contribution in [-0.4, -0.2) is 15.4 Å². The third kappa shape index (κ3) is 4.15. The largest absolute Gasteiger partial charge is 0.493 e. The van der Waals surface area contributed by atoms with Gasteiger partial charge in [0.1, 0.15) is 5.75 Å². The van der Waals surface area contributed by atoms with E-state index >= 15 is 0 Å². The molecule has 0 heterocycles. The van der Waals surface area contributed by atoms with Crippen LogP contribution in [0.3, 0.4) is 0 Å². The van der Waals surface area contributed by atoms with Gasteiger partial charge in [-0.1, -0.05) is 33.0 Å². The third-order valence-electron chi connectivity index (χ3n) is 2.97. The topological polar surface area (TPSA) is 9.23 Å². The van der Waals surface area contributed by atoms with Crippen LogP contribution < -0.4 is 4.74 Å². The van der Waals surface area contributed by atoms with Crippen molar-refractivity contribution >= 4 is 31.4 Å². The van der Waals surface area contributed by atoms with E-state index in [-0.39, 0.29) is 0 Å². The summed E-state index contributed by atoms with van der Waals surface area (Å²) in [5.41, 5.74) is 0. The van der Waals surface area contributed by atoms with Gasteiger partial charge < -0.3 is 4.74 Å². The molecule has 0 saturated carbocycles. The van der Waals surface area contributed by atoms with Gasteiger partial charge in [-0.2, -0.15) is 0 Å². The zero-order chi connectivity index (χ0) is 11.5. The van der Waals surface area contributed by atoms with E-state index in [1.54, 1.807) is 0 Å². The van der Waals surface area contributed by atoms with Crippen LogP contribution >= 0.6 is 22.6 Å². The highest BCUT2D eigenvalue weighted by Crippen LogP contribution is 2.29. The molecule has 1 nitrogen and oxygen atoms in total. The molecule has 0 saturated heterocycles. The van der Waals surface area contributed by atoms with E-state index in [9.17, 15) is 0 Å². The maximum Gasteiger partial charge on any atom is 0.120 e. The van der Waals surface area contributed by atoms with Gasteiger partial charge in [-0.25, -0.2) is 0 Å². The highest BCUT2D eigenvalue weighted by molar-refractivity contribution is 14.1. The molecule has 0 bridgehead atoms. The second-order valence-corrected chi connectivity index (χ2v) is 10.0. The molecule has 0 amide bonds. The molecule has 15 heavy (non-hydrogen) atoms. The Bertz CT molecular complexity index is 323. The standard InChI is InChI=1S/C12H19IOSi/c1-12(2,15(3)4)9-14-11-7-5-6-10(13)8-11/h5-8,15H,9H2,1-4H3. The van der Waals surface area contributed by atoms with Crippen LogP contribution in [-0.2, 0) is 0 Å². The highest BCUT2D eigenvalue weighted by Gasteiger charge is 2.24. The first-order valence-electron chi connectivity index (χ1n) is 5.30. The van der Waals surface area contributed by atoms with E-state index in [1.807, 2.05) is 12.1 Å². The van der Waals surface area contributed by atoms with Gasteiger partial charge in [-0.15, -0.1) is 0 Å². The molecule has 0 N–H and O–H groups in total. The summed E-state index contributed by atoms with van der Waals surface area (Å²) in [6.07, 6.45) is 0. The number of hydrogen-bond acceptors (Lipinski definition) is 1. The molecule has 0 aliphatic heterocycles. The number of benzene rings is 1. The van der Waals surface area contributed by atoms with Crippen molar-refractivity contribution in [2.75, 3.05) is 6.61 Å². The molecule has 1 rings (SSSR count). The molecule has 0 unspecified atom stereocenters. The van der Waals surface area contributed by atoms with Crippen molar-refractivity contribution in [3.05, 3.63) is 27.8 Å². The molecular weight excluding hydrogens is 315 g/mol. The summed E-state index contributed by atoms with van der Waals surface area (Å²) in [5.74, 6) is 0.990. The maximum absolute atomic E-state index is 5.84. The summed E-state index contributed by atoms with van der Waals surface area (Å²) in [7, 11) is -0.660. The molecule has 0 fully saturated rings. The molecule has 0 radical (unpaired) electrons. The minimum Gasteiger partial charge on any atom is -0.493 e. The number of ether oxygens (including phenoxy) is 1. The van der Waals surface area contributed by atoms with Gasteiger partial charge in [0.15, 0.2) is 0 Å². The van der Waals surface area contributed by atoms with Gasteiger partial charge in [0.2, 0.25) is 0 Å². The highest BCUT2D eigenvalue weighted by atomic mass is 127. The summed E-state index contributed by atoms with van der Waals surface area (Å²) >= 11 is 2.31. The molecule has 84 valence electrons. The minimum absolute atomic E-state index is 0.362. The van der Waals surface area contributed by atoms with E-state index in [4.69, 9.17) is 4.74 Å². The third-order valence-corrected chi connectivity index (χ3v) is 6.93. The van der Waals surface area contributed by atoms with Gasteiger partial charge in [0.25, 0.3) is 0 Å². The first-order chi connectivity index (χ1) is 6.92. The van der Waals surface area contributed by atoms with Crippen molar-refractivity contribution in [1.82, 2.24) is 0 Å². The van der Waals surface area contributed by atoms with Gasteiger partial charge in [-0.05, 0) is 45.8 Å². The Labute approximate surface area is 108 Å². The van der Waals surface area contributed by atoms with Crippen molar-refractivity contribution in [3.63, 3.8) is 0 Å². The lowest BCUT2D eigenvalue weighted by molar-refractivity contribution is 0.276. The molecular formula is C12H19IOSi. The summed E-state index contributed by atoms with van der Waals surface area (Å²) in [4.78, 5) is 0. The van der Waals surface area contributed by atoms with E-state index < -0.39 is 8.80 Å². The number of halogens is 1. The van der Waals surface area contributed by atoms with Gasteiger partial charge in [-0.3, -0.25) is 0 Å². The molecule has 1 aromatic carbocycles. The Morgan fingerprint density at radius 2 is 2.00 bits per heavy atom. The van der Waals surface area contributed by atoms with Crippen molar-refractivity contribution in [2.45, 2.75) is 32.0 Å². The lowest BCUT2D eigenvalue weighted by atomic mass is 10.2. The quantitative estimate of drug-likeness (QED) is 0.599. The van der Waals surface area contributed by atoms with Crippen LogP contribution in [0.15, 0.2) is 24.3 Å². The molecule has 0 aromatic heterocycles. The minimum atomic E-state index is -0.660. The second-order valence-electron chi connectivity index (χ2n) is 4.89. The SMILES string of the molecule is C[SiH](C)C(C)(C)COc1cccc(I)c1. The van der Waals surface area contributed by atoms with Crippen LogP contribution in [0.2, 0.25) is 18.1 Å². The molecule has 0 aliphatic carbocycles. The van der Waals surface area contributed by atoms with Crippen LogP contribution in [0.5, 0.6) is 5.75 Å². The Kier molecular flexibility index (Phi) is 4.64. The smallest absolute Gasteiger partial charge is 0.120 e. The molecule has 0 atom stereocenters. The Morgan fingerprint density at radius 3 is 2.53 bits per heavy atom. The predicted molar refractivity (Wildman–Crippen MR) is 77.6 cm³/mol. The molecule has 1 aromatic rings. The van der Waals surface area contributed by atoms with Crippen molar-refractivity contribution in [3.8, 4) is 5.75 Å². The normalized spacial score (nSPS) is 11.9. The lowest BCUT2D eigenvalue weighted by Crippen LogP contribution is -2.27. The fraction of sp³-hybridized carbons (Fsp3) is 0.500. The average molecular weight is 334 g/mol. The van der Waals surface area contributed by atoms with Gasteiger partial charge in [0, 0.05) is 12.4 Å². The van der Waals surface area contributed by atoms with Gasteiger partial charge >= 0.3 is 0 Å². The molecule has 3 heteroatoms. The Hall–Kier alpha value is -0.0331. The van der Waals surface area contributed by atoms with Crippen molar-refractivity contribution < 1.29 is 4.74 Å². The van der Waals surface area contributed by atoms with Crippen LogP contribution in [0.4, 0.5) is 0 Å². The fourth-order valence-electron chi connectivity index (χ4n) is 0.993. The molecule has 0 spiro atoms. The second kappa shape index (κ2) is 5.34. The fourth-order valence-corrected chi connectivity index (χ4v) is 1.92. The summed E-state index contributed by atoms with van der Waals surface area (Å²) in [5, 5.41) is 0.362. The van der Waals surface area contributed by atoms with E-state index in [0.29, 0.717) is 5.04 Å². The first kappa shape index (κ1) is 13.0. The summed E-state index contributed by atoms with van der Waals surface area (Å²) in [6, 6.07) is 8.23. The lowest BCUT2D eigenvalue weighted by Gasteiger charge is -2.28. The Balaban J connectivity index is 2.57. The summed E-state index contributed by atoms with van der Waals surface area (Å²) < 4.78 is 7.07. The number of rotatable bonds is 4. The first-order valence-corrected chi connectivity index (χ1v) is 9.27. The van der Waals surface area contributed by atoms with Gasteiger partial charge in [0.05, 0.1) is 6.61 Å². The number of hydrogen-bond donors (Lipinski definition) is 0. The van der Waals surface area contributed by atoms with Crippen LogP contribution in [0.1, 0.15) is 13.8 Å². The molecule has 0 aliphatic rings. The zero-order valence-corrected chi connectivity index (χ0v) is 13.2. The Morgan fingerprint density at radius 1 is 1.33 bits per heavy atom. The van der Waals surface area contributed by atoms with E-state index in [2.05, 4.69) is 61.7 Å². The van der Waals surface area contributed by atoms with E-state index in [1.165, 1.54) is 3.57 Å².